The minimum atomic E-state index is -1.69. The molecule has 0 amide bonds. The molecule has 0 aromatic heterocycles. The number of aliphatic hydroxyl groups is 3. The van der Waals surface area contributed by atoms with Gasteiger partial charge in [0.25, 0.3) is 0 Å². The van der Waals surface area contributed by atoms with Gasteiger partial charge in [-0.15, -0.1) is 0 Å². The van der Waals surface area contributed by atoms with E-state index in [0.29, 0.717) is 5.57 Å². The van der Waals surface area contributed by atoms with E-state index in [1.54, 1.807) is 6.92 Å². The molecule has 13 heavy (non-hydrogen) atoms. The molecule has 0 aromatic rings. The Bertz CT molecular complexity index is 199. The molecule has 5 heteroatoms. The number of hydrogen-bond acceptors (Lipinski definition) is 5. The summed E-state index contributed by atoms with van der Waals surface area (Å²) < 4.78 is 4.39. The van der Waals surface area contributed by atoms with Gasteiger partial charge in [0.15, 0.2) is 0 Å². The average Bonchev–Trinajstić information content (AvgIpc) is 2.14. The molecule has 0 bridgehead atoms. The van der Waals surface area contributed by atoms with Crippen LogP contribution in [0.15, 0.2) is 11.6 Å². The maximum Gasteiger partial charge on any atom is 0.335 e. The van der Waals surface area contributed by atoms with Crippen LogP contribution in [0.5, 0.6) is 0 Å². The van der Waals surface area contributed by atoms with Crippen molar-refractivity contribution in [2.45, 2.75) is 26.2 Å². The van der Waals surface area contributed by atoms with Crippen molar-refractivity contribution in [2.75, 3.05) is 6.61 Å². The number of carbonyl (C=O) groups is 1. The highest BCUT2D eigenvalue weighted by Crippen LogP contribution is 2.01. The third-order valence-electron chi connectivity index (χ3n) is 1.50. The van der Waals surface area contributed by atoms with E-state index < -0.39 is 25.0 Å². The van der Waals surface area contributed by atoms with Crippen molar-refractivity contribution in [3.8, 4) is 0 Å². The first-order valence-electron chi connectivity index (χ1n) is 3.83. The fourth-order valence-electron chi connectivity index (χ4n) is 0.489. The van der Waals surface area contributed by atoms with Crippen molar-refractivity contribution in [3.63, 3.8) is 0 Å². The molecule has 0 rings (SSSR count). The Morgan fingerprint density at radius 2 is 2.08 bits per heavy atom. The summed E-state index contributed by atoms with van der Waals surface area (Å²) in [7, 11) is 0. The van der Waals surface area contributed by atoms with E-state index >= 15 is 0 Å². The van der Waals surface area contributed by atoms with Crippen LogP contribution in [0.4, 0.5) is 0 Å². The summed E-state index contributed by atoms with van der Waals surface area (Å²) in [5.74, 6) is -0.720. The van der Waals surface area contributed by atoms with Crippen molar-refractivity contribution in [1.82, 2.24) is 0 Å². The Morgan fingerprint density at radius 1 is 1.54 bits per heavy atom. The number of hydrogen-bond donors (Lipinski definition) is 3. The second kappa shape index (κ2) is 5.69. The van der Waals surface area contributed by atoms with Gasteiger partial charge in [0.05, 0.1) is 6.61 Å². The molecule has 3 N–H and O–H groups in total. The van der Waals surface area contributed by atoms with Crippen LogP contribution in [-0.2, 0) is 9.53 Å². The first-order valence-corrected chi connectivity index (χ1v) is 3.83. The normalized spacial score (nSPS) is 16.5. The molecule has 76 valence electrons. The van der Waals surface area contributed by atoms with Crippen LogP contribution in [0.25, 0.3) is 0 Å². The molecular weight excluding hydrogens is 176 g/mol. The van der Waals surface area contributed by atoms with Crippen molar-refractivity contribution in [1.29, 1.82) is 0 Å². The number of rotatable bonds is 4. The zero-order chi connectivity index (χ0) is 10.4. The molecule has 0 aliphatic rings. The molecule has 0 aliphatic heterocycles. The molecule has 0 saturated carbocycles. The van der Waals surface area contributed by atoms with Crippen molar-refractivity contribution in [2.24, 2.45) is 0 Å². The van der Waals surface area contributed by atoms with Crippen molar-refractivity contribution < 1.29 is 24.9 Å². The van der Waals surface area contributed by atoms with Crippen LogP contribution in [0.3, 0.4) is 0 Å². The van der Waals surface area contributed by atoms with Gasteiger partial charge in [0, 0.05) is 5.57 Å². The Morgan fingerprint density at radius 3 is 2.46 bits per heavy atom. The molecule has 0 aliphatic carbocycles. The third kappa shape index (κ3) is 4.02. The predicted octanol–water partition coefficient (Wildman–Crippen LogP) is -0.833. The van der Waals surface area contributed by atoms with Gasteiger partial charge < -0.3 is 20.1 Å². The van der Waals surface area contributed by atoms with E-state index in [4.69, 9.17) is 15.3 Å². The van der Waals surface area contributed by atoms with E-state index in [2.05, 4.69) is 4.74 Å². The van der Waals surface area contributed by atoms with Gasteiger partial charge in [0.1, 0.15) is 6.10 Å². The smallest absolute Gasteiger partial charge is 0.335 e. The highest BCUT2D eigenvalue weighted by molar-refractivity contribution is 5.87. The summed E-state index contributed by atoms with van der Waals surface area (Å²) in [6, 6.07) is 0. The Hall–Kier alpha value is -0.910. The SMILES string of the molecule is CC=C(C)C(=O)OC(O)C(O)CO. The molecule has 0 fully saturated rings. The monoisotopic (exact) mass is 190 g/mol. The summed E-state index contributed by atoms with van der Waals surface area (Å²) in [6.07, 6.45) is -1.64. The quantitative estimate of drug-likeness (QED) is 0.306. The lowest BCUT2D eigenvalue weighted by Crippen LogP contribution is -2.33. The summed E-state index contributed by atoms with van der Waals surface area (Å²) in [5, 5.41) is 26.2. The Labute approximate surface area is 76.3 Å². The van der Waals surface area contributed by atoms with Gasteiger partial charge in [-0.05, 0) is 13.8 Å². The third-order valence-corrected chi connectivity index (χ3v) is 1.50. The fourth-order valence-corrected chi connectivity index (χ4v) is 0.489. The van der Waals surface area contributed by atoms with E-state index in [0.717, 1.165) is 0 Å². The van der Waals surface area contributed by atoms with Crippen LogP contribution in [-0.4, -0.2) is 40.3 Å². The van der Waals surface area contributed by atoms with E-state index in [-0.39, 0.29) is 0 Å². The molecule has 2 atom stereocenters. The van der Waals surface area contributed by atoms with Crippen LogP contribution in [0.1, 0.15) is 13.8 Å². The zero-order valence-corrected chi connectivity index (χ0v) is 7.60. The fraction of sp³-hybridized carbons (Fsp3) is 0.625. The van der Waals surface area contributed by atoms with Crippen LogP contribution < -0.4 is 0 Å². The van der Waals surface area contributed by atoms with Gasteiger partial charge >= 0.3 is 5.97 Å². The van der Waals surface area contributed by atoms with Gasteiger partial charge in [-0.1, -0.05) is 6.08 Å². The Kier molecular flexibility index (Phi) is 5.29. The van der Waals surface area contributed by atoms with Crippen molar-refractivity contribution in [3.05, 3.63) is 11.6 Å². The second-order valence-electron chi connectivity index (χ2n) is 2.52. The van der Waals surface area contributed by atoms with Gasteiger partial charge in [-0.25, -0.2) is 4.79 Å². The van der Waals surface area contributed by atoms with Gasteiger partial charge in [-0.3, -0.25) is 0 Å². The summed E-state index contributed by atoms with van der Waals surface area (Å²) in [6.45, 7) is 2.50. The Balaban J connectivity index is 4.06. The van der Waals surface area contributed by atoms with E-state index in [1.165, 1.54) is 13.0 Å². The largest absolute Gasteiger partial charge is 0.430 e. The molecule has 2 unspecified atom stereocenters. The lowest BCUT2D eigenvalue weighted by atomic mass is 10.3. The molecule has 0 aromatic carbocycles. The minimum Gasteiger partial charge on any atom is -0.430 e. The molecule has 0 heterocycles. The van der Waals surface area contributed by atoms with Crippen molar-refractivity contribution >= 4 is 5.97 Å². The maximum atomic E-state index is 11.0. The molecule has 0 saturated heterocycles. The lowest BCUT2D eigenvalue weighted by Gasteiger charge is -2.15. The highest BCUT2D eigenvalue weighted by Gasteiger charge is 2.19. The first-order chi connectivity index (χ1) is 6.02. The zero-order valence-electron chi connectivity index (χ0n) is 7.60. The van der Waals surface area contributed by atoms with Gasteiger partial charge in [0.2, 0.25) is 6.29 Å². The van der Waals surface area contributed by atoms with E-state index in [1.807, 2.05) is 0 Å². The first kappa shape index (κ1) is 12.1. The summed E-state index contributed by atoms with van der Waals surface area (Å²) >= 11 is 0. The number of carbonyl (C=O) groups excluding carboxylic acids is 1. The minimum absolute atomic E-state index is 0.323. The highest BCUT2D eigenvalue weighted by atomic mass is 16.6. The number of aliphatic hydroxyl groups excluding tert-OH is 3. The summed E-state index contributed by atoms with van der Waals surface area (Å²) in [5.41, 5.74) is 0.323. The van der Waals surface area contributed by atoms with Crippen LogP contribution in [0, 0.1) is 0 Å². The van der Waals surface area contributed by atoms with E-state index in [9.17, 15) is 4.79 Å². The maximum absolute atomic E-state index is 11.0. The molecule has 0 radical (unpaired) electrons. The molecular formula is C8H14O5. The average molecular weight is 190 g/mol. The second-order valence-corrected chi connectivity index (χ2v) is 2.52. The number of allylic oxidation sites excluding steroid dienone is 1. The topological polar surface area (TPSA) is 87.0 Å². The molecule has 5 nitrogen and oxygen atoms in total. The number of ether oxygens (including phenoxy) is 1. The summed E-state index contributed by atoms with van der Waals surface area (Å²) in [4.78, 5) is 11.0. The molecule has 0 spiro atoms. The lowest BCUT2D eigenvalue weighted by molar-refractivity contribution is -0.186. The standard InChI is InChI=1S/C8H14O5/c1-3-5(2)7(11)13-8(12)6(10)4-9/h3,6,8-10,12H,4H2,1-2H3. The van der Waals surface area contributed by atoms with Crippen LogP contribution >= 0.6 is 0 Å². The van der Waals surface area contributed by atoms with Crippen LogP contribution in [0.2, 0.25) is 0 Å². The van der Waals surface area contributed by atoms with Gasteiger partial charge in [-0.2, -0.15) is 0 Å². The number of esters is 1. The predicted molar refractivity (Wildman–Crippen MR) is 44.6 cm³/mol.